The molecule has 1 aliphatic rings. The average Bonchev–Trinajstić information content (AvgIpc) is 3.46. The highest BCUT2D eigenvalue weighted by atomic mass is 32.2. The first kappa shape index (κ1) is 21.9. The van der Waals surface area contributed by atoms with Gasteiger partial charge >= 0.3 is 0 Å². The minimum absolute atomic E-state index is 0.0216. The lowest BCUT2D eigenvalue weighted by molar-refractivity contribution is -0.116. The molecule has 2 heterocycles. The standard InChI is InChI=1S/C23H26N2O4S2/c1-3-28-19-7-4-8-20-22(19)24-23(31-20)25(14-17-6-5-13-29-17)21(26)15-30-18-11-9-16(27-2)10-12-18/h4,7-12,17H,3,5-6,13-15H2,1-2H3. The van der Waals surface area contributed by atoms with Gasteiger partial charge in [0.2, 0.25) is 5.91 Å². The average molecular weight is 459 g/mol. The van der Waals surface area contributed by atoms with E-state index in [0.717, 1.165) is 46.1 Å². The van der Waals surface area contributed by atoms with Crippen LogP contribution in [0.25, 0.3) is 10.2 Å². The second-order valence-corrected chi connectivity index (χ2v) is 9.19. The SMILES string of the molecule is CCOc1cccc2sc(N(CC3CCCO3)C(=O)CSc3ccc(OC)cc3)nc12. The van der Waals surface area contributed by atoms with Crippen LogP contribution in [-0.4, -0.2) is 49.6 Å². The van der Waals surface area contributed by atoms with Gasteiger partial charge in [0.15, 0.2) is 5.13 Å². The Balaban J connectivity index is 1.55. The van der Waals surface area contributed by atoms with E-state index in [1.165, 1.54) is 23.1 Å². The number of fused-ring (bicyclic) bond motifs is 1. The number of benzene rings is 2. The number of aromatic nitrogens is 1. The Kier molecular flexibility index (Phi) is 7.32. The molecule has 31 heavy (non-hydrogen) atoms. The normalized spacial score (nSPS) is 15.9. The van der Waals surface area contributed by atoms with Crippen molar-refractivity contribution in [3.05, 3.63) is 42.5 Å². The first-order valence-corrected chi connectivity index (χ1v) is 12.2. The zero-order valence-corrected chi connectivity index (χ0v) is 19.3. The second kappa shape index (κ2) is 10.3. The number of carbonyl (C=O) groups is 1. The summed E-state index contributed by atoms with van der Waals surface area (Å²) in [4.78, 5) is 20.9. The molecule has 6 nitrogen and oxygen atoms in total. The molecule has 0 bridgehead atoms. The highest BCUT2D eigenvalue weighted by Crippen LogP contribution is 2.35. The Hall–Kier alpha value is -2.29. The maximum absolute atomic E-state index is 13.3. The van der Waals surface area contributed by atoms with E-state index in [2.05, 4.69) is 0 Å². The van der Waals surface area contributed by atoms with Crippen molar-refractivity contribution in [3.8, 4) is 11.5 Å². The predicted octanol–water partition coefficient (Wildman–Crippen LogP) is 5.01. The van der Waals surface area contributed by atoms with Gasteiger partial charge in [0.05, 0.1) is 36.8 Å². The summed E-state index contributed by atoms with van der Waals surface area (Å²) in [5.41, 5.74) is 0.803. The Morgan fingerprint density at radius 2 is 2.13 bits per heavy atom. The molecule has 0 saturated carbocycles. The molecule has 1 unspecified atom stereocenters. The first-order valence-electron chi connectivity index (χ1n) is 10.4. The van der Waals surface area contributed by atoms with E-state index in [-0.39, 0.29) is 12.0 Å². The maximum atomic E-state index is 13.3. The van der Waals surface area contributed by atoms with Crippen molar-refractivity contribution in [2.75, 3.05) is 37.5 Å². The summed E-state index contributed by atoms with van der Waals surface area (Å²) in [6, 6.07) is 13.6. The molecule has 1 atom stereocenters. The lowest BCUT2D eigenvalue weighted by Gasteiger charge is -2.23. The fraction of sp³-hybridized carbons (Fsp3) is 0.391. The van der Waals surface area contributed by atoms with Crippen LogP contribution >= 0.6 is 23.1 Å². The summed E-state index contributed by atoms with van der Waals surface area (Å²) in [5.74, 6) is 1.90. The van der Waals surface area contributed by atoms with Crippen LogP contribution in [0.5, 0.6) is 11.5 Å². The van der Waals surface area contributed by atoms with Crippen molar-refractivity contribution >= 4 is 44.4 Å². The Morgan fingerprint density at radius 1 is 1.29 bits per heavy atom. The molecule has 8 heteroatoms. The van der Waals surface area contributed by atoms with Gasteiger partial charge in [-0.1, -0.05) is 17.4 Å². The Labute approximate surface area is 190 Å². The van der Waals surface area contributed by atoms with E-state index in [0.29, 0.717) is 24.0 Å². The number of ether oxygens (including phenoxy) is 3. The number of hydrogen-bond acceptors (Lipinski definition) is 7. The van der Waals surface area contributed by atoms with Gasteiger partial charge < -0.3 is 14.2 Å². The van der Waals surface area contributed by atoms with Crippen LogP contribution in [0, 0.1) is 0 Å². The molecule has 0 spiro atoms. The summed E-state index contributed by atoms with van der Waals surface area (Å²) in [5, 5.41) is 0.693. The molecule has 4 rings (SSSR count). The van der Waals surface area contributed by atoms with E-state index in [1.54, 1.807) is 12.0 Å². The quantitative estimate of drug-likeness (QED) is 0.420. The molecular formula is C23H26N2O4S2. The van der Waals surface area contributed by atoms with Gasteiger partial charge in [0.25, 0.3) is 0 Å². The fourth-order valence-corrected chi connectivity index (χ4v) is 5.26. The van der Waals surface area contributed by atoms with Gasteiger partial charge in [-0.3, -0.25) is 9.69 Å². The van der Waals surface area contributed by atoms with Gasteiger partial charge in [-0.15, -0.1) is 11.8 Å². The third kappa shape index (κ3) is 5.31. The summed E-state index contributed by atoms with van der Waals surface area (Å²) in [6.07, 6.45) is 2.04. The maximum Gasteiger partial charge on any atom is 0.239 e. The van der Waals surface area contributed by atoms with Crippen molar-refractivity contribution in [1.82, 2.24) is 4.98 Å². The summed E-state index contributed by atoms with van der Waals surface area (Å²) in [7, 11) is 1.64. The second-order valence-electron chi connectivity index (χ2n) is 7.14. The van der Waals surface area contributed by atoms with E-state index in [4.69, 9.17) is 19.2 Å². The van der Waals surface area contributed by atoms with Crippen LogP contribution < -0.4 is 14.4 Å². The molecule has 0 N–H and O–H groups in total. The van der Waals surface area contributed by atoms with Gasteiger partial charge in [-0.25, -0.2) is 4.98 Å². The molecule has 1 fully saturated rings. The molecule has 0 radical (unpaired) electrons. The van der Waals surface area contributed by atoms with Crippen LogP contribution in [0.2, 0.25) is 0 Å². The van der Waals surface area contributed by atoms with Gasteiger partial charge in [-0.05, 0) is 56.2 Å². The third-order valence-corrected chi connectivity index (χ3v) is 7.07. The smallest absolute Gasteiger partial charge is 0.239 e. The van der Waals surface area contributed by atoms with E-state index < -0.39 is 0 Å². The molecule has 1 amide bonds. The molecule has 0 aliphatic carbocycles. The number of anilines is 1. The van der Waals surface area contributed by atoms with Crippen LogP contribution in [0.3, 0.4) is 0 Å². The predicted molar refractivity (Wildman–Crippen MR) is 126 cm³/mol. The number of thioether (sulfide) groups is 1. The monoisotopic (exact) mass is 458 g/mol. The minimum Gasteiger partial charge on any atom is -0.497 e. The zero-order valence-electron chi connectivity index (χ0n) is 17.7. The van der Waals surface area contributed by atoms with Crippen LogP contribution in [0.4, 0.5) is 5.13 Å². The van der Waals surface area contributed by atoms with Gasteiger partial charge in [-0.2, -0.15) is 0 Å². The molecule has 164 valence electrons. The Morgan fingerprint density at radius 3 is 2.84 bits per heavy atom. The zero-order chi connectivity index (χ0) is 21.6. The number of amides is 1. The minimum atomic E-state index is 0.0216. The molecule has 1 aliphatic heterocycles. The van der Waals surface area contributed by atoms with Crippen LogP contribution in [-0.2, 0) is 9.53 Å². The number of methoxy groups -OCH3 is 1. The molecule has 1 saturated heterocycles. The Bertz CT molecular complexity index is 1020. The van der Waals surface area contributed by atoms with Gasteiger partial charge in [0.1, 0.15) is 17.0 Å². The highest BCUT2D eigenvalue weighted by molar-refractivity contribution is 8.00. The molecule has 2 aromatic carbocycles. The lowest BCUT2D eigenvalue weighted by atomic mass is 10.2. The third-order valence-electron chi connectivity index (χ3n) is 5.03. The highest BCUT2D eigenvalue weighted by Gasteiger charge is 2.26. The molecular weight excluding hydrogens is 432 g/mol. The lowest BCUT2D eigenvalue weighted by Crippen LogP contribution is -2.38. The number of thiazole rings is 1. The van der Waals surface area contributed by atoms with Crippen molar-refractivity contribution < 1.29 is 19.0 Å². The number of rotatable bonds is 9. The first-order chi connectivity index (χ1) is 15.2. The topological polar surface area (TPSA) is 60.9 Å². The fourth-order valence-electron chi connectivity index (χ4n) is 3.47. The van der Waals surface area contributed by atoms with Crippen LogP contribution in [0.15, 0.2) is 47.4 Å². The molecule has 3 aromatic rings. The number of para-hydroxylation sites is 1. The summed E-state index contributed by atoms with van der Waals surface area (Å²) < 4.78 is 17.8. The number of hydrogen-bond donors (Lipinski definition) is 0. The van der Waals surface area contributed by atoms with Gasteiger partial charge in [0, 0.05) is 11.5 Å². The summed E-state index contributed by atoms with van der Waals surface area (Å²) >= 11 is 3.03. The van der Waals surface area contributed by atoms with E-state index in [9.17, 15) is 4.79 Å². The van der Waals surface area contributed by atoms with Crippen molar-refractivity contribution in [3.63, 3.8) is 0 Å². The van der Waals surface area contributed by atoms with Crippen molar-refractivity contribution in [2.24, 2.45) is 0 Å². The summed E-state index contributed by atoms with van der Waals surface area (Å²) in [6.45, 7) is 3.80. The van der Waals surface area contributed by atoms with Crippen molar-refractivity contribution in [1.29, 1.82) is 0 Å². The van der Waals surface area contributed by atoms with E-state index >= 15 is 0 Å². The van der Waals surface area contributed by atoms with Crippen molar-refractivity contribution in [2.45, 2.75) is 30.8 Å². The number of nitrogens with zero attached hydrogens (tertiary/aromatic N) is 2. The largest absolute Gasteiger partial charge is 0.497 e. The number of carbonyl (C=O) groups excluding carboxylic acids is 1. The van der Waals surface area contributed by atoms with E-state index in [1.807, 2.05) is 49.4 Å². The van der Waals surface area contributed by atoms with Crippen LogP contribution in [0.1, 0.15) is 19.8 Å². The molecule has 1 aromatic heterocycles.